The van der Waals surface area contributed by atoms with Crippen LogP contribution in [0.2, 0.25) is 0 Å². The first kappa shape index (κ1) is 15.8. The zero-order chi connectivity index (χ0) is 14.5. The highest BCUT2D eigenvalue weighted by Gasteiger charge is 2.25. The molecule has 20 heavy (non-hydrogen) atoms. The number of nitrogens with one attached hydrogen (secondary N) is 1. The molecule has 2 rings (SSSR count). The molecule has 0 bridgehead atoms. The van der Waals surface area contributed by atoms with E-state index in [1.54, 1.807) is 0 Å². The predicted octanol–water partition coefficient (Wildman–Crippen LogP) is 4.28. The lowest BCUT2D eigenvalue weighted by atomic mass is 10.0. The number of nitrogens with zero attached hydrogens (tertiary/aromatic N) is 2. The van der Waals surface area contributed by atoms with Crippen LogP contribution in [-0.4, -0.2) is 24.1 Å². The Balaban J connectivity index is 2.13. The van der Waals surface area contributed by atoms with Crippen LogP contribution in [0.15, 0.2) is 0 Å². The third kappa shape index (κ3) is 3.53. The second-order valence-corrected chi connectivity index (χ2v) is 6.88. The van der Waals surface area contributed by atoms with Crippen molar-refractivity contribution in [3.63, 3.8) is 0 Å². The fourth-order valence-electron chi connectivity index (χ4n) is 3.05. The van der Waals surface area contributed by atoms with Crippen molar-refractivity contribution in [3.05, 3.63) is 10.6 Å². The zero-order valence-electron chi connectivity index (χ0n) is 13.4. The van der Waals surface area contributed by atoms with E-state index in [0.29, 0.717) is 12.1 Å². The van der Waals surface area contributed by atoms with Crippen molar-refractivity contribution >= 4 is 16.5 Å². The standard InChI is InChI=1S/C16H29N3S/c1-5-10-17-12(3)15-13(4)18-16(20-15)19-11-8-7-9-14(19)6-2/h12,14,17H,5-11H2,1-4H3. The molecule has 0 radical (unpaired) electrons. The largest absolute Gasteiger partial charge is 0.345 e. The lowest BCUT2D eigenvalue weighted by molar-refractivity contribution is 0.449. The number of aromatic nitrogens is 1. The number of anilines is 1. The molecular weight excluding hydrogens is 266 g/mol. The maximum absolute atomic E-state index is 4.87. The highest BCUT2D eigenvalue weighted by atomic mass is 32.1. The summed E-state index contributed by atoms with van der Waals surface area (Å²) in [6.45, 7) is 11.2. The second kappa shape index (κ2) is 7.41. The number of aryl methyl sites for hydroxylation is 1. The molecule has 1 fully saturated rings. The van der Waals surface area contributed by atoms with Gasteiger partial charge in [-0.15, -0.1) is 11.3 Å². The van der Waals surface area contributed by atoms with Crippen LogP contribution in [-0.2, 0) is 0 Å². The van der Waals surface area contributed by atoms with E-state index in [9.17, 15) is 0 Å². The fourth-order valence-corrected chi connectivity index (χ4v) is 4.24. The summed E-state index contributed by atoms with van der Waals surface area (Å²) in [4.78, 5) is 8.83. The molecule has 3 nitrogen and oxygen atoms in total. The molecule has 0 amide bonds. The molecule has 0 spiro atoms. The maximum atomic E-state index is 4.87. The number of hydrogen-bond donors (Lipinski definition) is 1. The molecule has 114 valence electrons. The Labute approximate surface area is 127 Å². The van der Waals surface area contributed by atoms with Crippen LogP contribution in [0, 0.1) is 6.92 Å². The quantitative estimate of drug-likeness (QED) is 0.849. The first-order valence-corrected chi connectivity index (χ1v) is 8.96. The Hall–Kier alpha value is -0.610. The van der Waals surface area contributed by atoms with Crippen molar-refractivity contribution < 1.29 is 0 Å². The summed E-state index contributed by atoms with van der Waals surface area (Å²) in [6.07, 6.45) is 6.43. The average molecular weight is 295 g/mol. The van der Waals surface area contributed by atoms with Gasteiger partial charge < -0.3 is 10.2 Å². The minimum atomic E-state index is 0.422. The van der Waals surface area contributed by atoms with Crippen LogP contribution in [0.25, 0.3) is 0 Å². The molecule has 1 N–H and O–H groups in total. The molecule has 2 atom stereocenters. The van der Waals surface area contributed by atoms with Gasteiger partial charge in [0.15, 0.2) is 5.13 Å². The van der Waals surface area contributed by atoms with Crippen LogP contribution in [0.5, 0.6) is 0 Å². The molecule has 1 aliphatic rings. The van der Waals surface area contributed by atoms with Crippen molar-refractivity contribution in [3.8, 4) is 0 Å². The van der Waals surface area contributed by atoms with Crippen molar-refractivity contribution in [2.45, 2.75) is 71.9 Å². The van der Waals surface area contributed by atoms with E-state index in [0.717, 1.165) is 6.54 Å². The molecule has 2 heterocycles. The summed E-state index contributed by atoms with van der Waals surface area (Å²) >= 11 is 1.90. The molecule has 0 saturated carbocycles. The van der Waals surface area contributed by atoms with E-state index in [1.165, 1.54) is 54.4 Å². The average Bonchev–Trinajstić information content (AvgIpc) is 2.86. The van der Waals surface area contributed by atoms with Gasteiger partial charge in [0.2, 0.25) is 0 Å². The van der Waals surface area contributed by atoms with Gasteiger partial charge in [0.05, 0.1) is 5.69 Å². The van der Waals surface area contributed by atoms with Crippen molar-refractivity contribution in [2.75, 3.05) is 18.0 Å². The van der Waals surface area contributed by atoms with Gasteiger partial charge in [0, 0.05) is 23.5 Å². The van der Waals surface area contributed by atoms with Gasteiger partial charge in [0.25, 0.3) is 0 Å². The van der Waals surface area contributed by atoms with Crippen molar-refractivity contribution in [1.29, 1.82) is 0 Å². The highest BCUT2D eigenvalue weighted by molar-refractivity contribution is 7.15. The molecule has 2 unspecified atom stereocenters. The van der Waals surface area contributed by atoms with Gasteiger partial charge in [-0.2, -0.15) is 0 Å². The highest BCUT2D eigenvalue weighted by Crippen LogP contribution is 2.34. The topological polar surface area (TPSA) is 28.2 Å². The Morgan fingerprint density at radius 2 is 2.20 bits per heavy atom. The van der Waals surface area contributed by atoms with Crippen LogP contribution in [0.1, 0.15) is 69.5 Å². The third-order valence-corrected chi connectivity index (χ3v) is 5.64. The zero-order valence-corrected chi connectivity index (χ0v) is 14.2. The van der Waals surface area contributed by atoms with Gasteiger partial charge in [-0.25, -0.2) is 4.98 Å². The monoisotopic (exact) mass is 295 g/mol. The minimum absolute atomic E-state index is 0.422. The first-order valence-electron chi connectivity index (χ1n) is 8.14. The van der Waals surface area contributed by atoms with Crippen molar-refractivity contribution in [2.24, 2.45) is 0 Å². The number of hydrogen-bond acceptors (Lipinski definition) is 4. The van der Waals surface area contributed by atoms with Gasteiger partial charge in [-0.1, -0.05) is 13.8 Å². The molecule has 0 aliphatic carbocycles. The van der Waals surface area contributed by atoms with E-state index in [-0.39, 0.29) is 0 Å². The van der Waals surface area contributed by atoms with Gasteiger partial charge in [-0.3, -0.25) is 0 Å². The molecule has 1 aliphatic heterocycles. The summed E-state index contributed by atoms with van der Waals surface area (Å²) in [5.74, 6) is 0. The van der Waals surface area contributed by atoms with Crippen LogP contribution >= 0.6 is 11.3 Å². The Kier molecular flexibility index (Phi) is 5.85. The Morgan fingerprint density at radius 1 is 1.40 bits per heavy atom. The SMILES string of the molecule is CCCNC(C)c1sc(N2CCCCC2CC)nc1C. The van der Waals surface area contributed by atoms with E-state index in [1.807, 2.05) is 11.3 Å². The van der Waals surface area contributed by atoms with E-state index in [2.05, 4.69) is 37.9 Å². The van der Waals surface area contributed by atoms with Gasteiger partial charge in [-0.05, 0) is 52.5 Å². The van der Waals surface area contributed by atoms with E-state index < -0.39 is 0 Å². The summed E-state index contributed by atoms with van der Waals surface area (Å²) in [5, 5.41) is 4.83. The molecule has 1 saturated heterocycles. The van der Waals surface area contributed by atoms with E-state index >= 15 is 0 Å². The Morgan fingerprint density at radius 3 is 2.90 bits per heavy atom. The smallest absolute Gasteiger partial charge is 0.186 e. The maximum Gasteiger partial charge on any atom is 0.186 e. The lowest BCUT2D eigenvalue weighted by Crippen LogP contribution is -2.39. The molecule has 4 heteroatoms. The van der Waals surface area contributed by atoms with E-state index in [4.69, 9.17) is 4.98 Å². The van der Waals surface area contributed by atoms with Crippen LogP contribution < -0.4 is 10.2 Å². The van der Waals surface area contributed by atoms with Crippen molar-refractivity contribution in [1.82, 2.24) is 10.3 Å². The molecule has 1 aromatic heterocycles. The van der Waals surface area contributed by atoms with Crippen LogP contribution in [0.4, 0.5) is 5.13 Å². The molecular formula is C16H29N3S. The molecule has 0 aromatic carbocycles. The summed E-state index contributed by atoms with van der Waals surface area (Å²) < 4.78 is 0. The number of piperidine rings is 1. The first-order chi connectivity index (χ1) is 9.67. The fraction of sp³-hybridized carbons (Fsp3) is 0.812. The number of thiazole rings is 1. The van der Waals surface area contributed by atoms with Crippen LogP contribution in [0.3, 0.4) is 0 Å². The molecule has 1 aromatic rings. The normalized spacial score (nSPS) is 21.2. The lowest BCUT2D eigenvalue weighted by Gasteiger charge is -2.35. The Bertz CT molecular complexity index is 416. The van der Waals surface area contributed by atoms with Gasteiger partial charge >= 0.3 is 0 Å². The number of rotatable bonds is 6. The predicted molar refractivity (Wildman–Crippen MR) is 88.8 cm³/mol. The van der Waals surface area contributed by atoms with Gasteiger partial charge in [0.1, 0.15) is 0 Å². The second-order valence-electron chi connectivity index (χ2n) is 5.87. The summed E-state index contributed by atoms with van der Waals surface area (Å²) in [5.41, 5.74) is 1.21. The summed E-state index contributed by atoms with van der Waals surface area (Å²) in [7, 11) is 0. The third-order valence-electron chi connectivity index (χ3n) is 4.26. The minimum Gasteiger partial charge on any atom is -0.345 e. The summed E-state index contributed by atoms with van der Waals surface area (Å²) in [6, 6.07) is 1.12.